The number of amides is 1. The first-order valence-corrected chi connectivity index (χ1v) is 7.74. The molecule has 0 aliphatic rings. The number of carbonyl (C=O) groups excluding carboxylic acids is 1. The number of aryl methyl sites for hydroxylation is 1. The number of hydrogen-bond acceptors (Lipinski definition) is 4. The summed E-state index contributed by atoms with van der Waals surface area (Å²) in [6.45, 7) is 3.92. The smallest absolute Gasteiger partial charge is 0.252 e. The number of thiazole rings is 1. The van der Waals surface area contributed by atoms with Crippen molar-refractivity contribution in [3.05, 3.63) is 44.3 Å². The minimum atomic E-state index is -0.141. The molecular weight excluding hydrogens is 344 g/mol. The molecule has 0 fully saturated rings. The molecular formula is C13H13BrN2OS2. The van der Waals surface area contributed by atoms with Gasteiger partial charge >= 0.3 is 0 Å². The van der Waals surface area contributed by atoms with Gasteiger partial charge in [-0.2, -0.15) is 0 Å². The van der Waals surface area contributed by atoms with Crippen LogP contribution in [0.15, 0.2) is 33.8 Å². The van der Waals surface area contributed by atoms with E-state index in [2.05, 4.69) is 38.9 Å². The number of halogens is 1. The van der Waals surface area contributed by atoms with E-state index in [0.29, 0.717) is 10.5 Å². The Bertz CT molecular complexity index is 612. The van der Waals surface area contributed by atoms with Crippen molar-refractivity contribution >= 4 is 45.8 Å². The largest absolute Gasteiger partial charge is 0.343 e. The molecule has 2 rings (SSSR count). The molecule has 19 heavy (non-hydrogen) atoms. The van der Waals surface area contributed by atoms with Crippen molar-refractivity contribution in [2.75, 3.05) is 0 Å². The van der Waals surface area contributed by atoms with Gasteiger partial charge in [0.25, 0.3) is 5.91 Å². The highest BCUT2D eigenvalue weighted by Gasteiger charge is 2.15. The molecule has 1 unspecified atom stereocenters. The van der Waals surface area contributed by atoms with Crippen LogP contribution in [-0.2, 0) is 0 Å². The van der Waals surface area contributed by atoms with Gasteiger partial charge in [0.1, 0.15) is 5.01 Å². The monoisotopic (exact) mass is 356 g/mol. The molecule has 0 aliphatic carbocycles. The number of nitrogens with one attached hydrogen (secondary N) is 1. The average molecular weight is 357 g/mol. The molecule has 6 heteroatoms. The molecule has 1 atom stereocenters. The van der Waals surface area contributed by atoms with Gasteiger partial charge in [-0.25, -0.2) is 4.98 Å². The molecule has 1 heterocycles. The van der Waals surface area contributed by atoms with Crippen molar-refractivity contribution in [2.24, 2.45) is 0 Å². The van der Waals surface area contributed by atoms with Gasteiger partial charge in [-0.3, -0.25) is 4.79 Å². The number of rotatable bonds is 3. The summed E-state index contributed by atoms with van der Waals surface area (Å²) in [6, 6.07) is 5.27. The molecule has 1 N–H and O–H groups in total. The summed E-state index contributed by atoms with van der Waals surface area (Å²) in [4.78, 5) is 18.2. The molecule has 3 nitrogen and oxygen atoms in total. The summed E-state index contributed by atoms with van der Waals surface area (Å²) < 4.78 is 0.901. The summed E-state index contributed by atoms with van der Waals surface area (Å²) >= 11 is 9.25. The van der Waals surface area contributed by atoms with E-state index in [4.69, 9.17) is 0 Å². The molecule has 100 valence electrons. The van der Waals surface area contributed by atoms with Crippen LogP contribution in [0.2, 0.25) is 0 Å². The first kappa shape index (κ1) is 14.6. The van der Waals surface area contributed by atoms with Crippen LogP contribution in [0.5, 0.6) is 0 Å². The SMILES string of the molecule is Cc1cnc(C(C)NC(=O)c2ccc(Br)cc2S)s1. The Morgan fingerprint density at radius 3 is 2.84 bits per heavy atom. The molecule has 1 aromatic carbocycles. The number of thiol groups is 1. The number of carbonyl (C=O) groups is 1. The lowest BCUT2D eigenvalue weighted by Gasteiger charge is -2.12. The summed E-state index contributed by atoms with van der Waals surface area (Å²) in [5, 5.41) is 3.84. The van der Waals surface area contributed by atoms with Gasteiger partial charge in [-0.15, -0.1) is 24.0 Å². The zero-order valence-electron chi connectivity index (χ0n) is 10.5. The Morgan fingerprint density at radius 1 is 1.53 bits per heavy atom. The lowest BCUT2D eigenvalue weighted by atomic mass is 10.2. The van der Waals surface area contributed by atoms with Crippen LogP contribution in [-0.4, -0.2) is 10.9 Å². The minimum Gasteiger partial charge on any atom is -0.343 e. The topological polar surface area (TPSA) is 42.0 Å². The second-order valence-electron chi connectivity index (χ2n) is 4.17. The molecule has 0 saturated carbocycles. The van der Waals surface area contributed by atoms with E-state index < -0.39 is 0 Å². The van der Waals surface area contributed by atoms with Crippen LogP contribution < -0.4 is 5.32 Å². The third-order valence-corrected chi connectivity index (χ3v) is 4.52. The molecule has 1 aromatic heterocycles. The number of nitrogens with zero attached hydrogens (tertiary/aromatic N) is 1. The molecule has 0 aliphatic heterocycles. The Labute approximate surface area is 130 Å². The van der Waals surface area contributed by atoms with E-state index in [1.54, 1.807) is 23.5 Å². The third kappa shape index (κ3) is 3.58. The van der Waals surface area contributed by atoms with E-state index in [9.17, 15) is 4.79 Å². The van der Waals surface area contributed by atoms with Crippen LogP contribution in [0.25, 0.3) is 0 Å². The lowest BCUT2D eigenvalue weighted by Crippen LogP contribution is -2.26. The first-order chi connectivity index (χ1) is 8.97. The number of benzene rings is 1. The van der Waals surface area contributed by atoms with Crippen molar-refractivity contribution in [3.63, 3.8) is 0 Å². The molecule has 0 saturated heterocycles. The quantitative estimate of drug-likeness (QED) is 0.816. The summed E-state index contributed by atoms with van der Waals surface area (Å²) in [5.41, 5.74) is 0.562. The highest BCUT2D eigenvalue weighted by atomic mass is 79.9. The highest BCUT2D eigenvalue weighted by Crippen LogP contribution is 2.22. The zero-order chi connectivity index (χ0) is 14.0. The van der Waals surface area contributed by atoms with Crippen LogP contribution in [0.1, 0.15) is 33.2 Å². The fourth-order valence-corrected chi connectivity index (χ4v) is 3.23. The fourth-order valence-electron chi connectivity index (χ4n) is 1.61. The Balaban J connectivity index is 2.12. The van der Waals surface area contributed by atoms with E-state index in [0.717, 1.165) is 14.4 Å². The molecule has 1 amide bonds. The number of hydrogen-bond donors (Lipinski definition) is 2. The van der Waals surface area contributed by atoms with E-state index in [-0.39, 0.29) is 11.9 Å². The standard InChI is InChI=1S/C13H13BrN2OS2/c1-7-6-15-13(19-7)8(2)16-12(17)10-4-3-9(14)5-11(10)18/h3-6,8,18H,1-2H3,(H,16,17). The summed E-state index contributed by atoms with van der Waals surface area (Å²) in [7, 11) is 0. The second-order valence-corrected chi connectivity index (χ2v) is 6.83. The fraction of sp³-hybridized carbons (Fsp3) is 0.231. The highest BCUT2D eigenvalue weighted by molar-refractivity contribution is 9.10. The van der Waals surface area contributed by atoms with Gasteiger partial charge in [0.15, 0.2) is 0 Å². The Morgan fingerprint density at radius 2 is 2.26 bits per heavy atom. The molecule has 0 spiro atoms. The molecule has 0 radical (unpaired) electrons. The van der Waals surface area contributed by atoms with Crippen molar-refractivity contribution in [2.45, 2.75) is 24.8 Å². The average Bonchev–Trinajstić information content (AvgIpc) is 2.75. The molecule has 2 aromatic rings. The first-order valence-electron chi connectivity index (χ1n) is 5.69. The van der Waals surface area contributed by atoms with Crippen LogP contribution in [0.3, 0.4) is 0 Å². The Kier molecular flexibility index (Phi) is 4.65. The van der Waals surface area contributed by atoms with Crippen LogP contribution >= 0.6 is 39.9 Å². The molecule has 0 bridgehead atoms. The maximum atomic E-state index is 12.2. The maximum Gasteiger partial charge on any atom is 0.252 e. The predicted molar refractivity (Wildman–Crippen MR) is 84.1 cm³/mol. The van der Waals surface area contributed by atoms with Gasteiger partial charge in [0.05, 0.1) is 11.6 Å². The summed E-state index contributed by atoms with van der Waals surface area (Å²) in [6.07, 6.45) is 1.81. The predicted octanol–water partition coefficient (Wildman–Crippen LogP) is 3.99. The maximum absolute atomic E-state index is 12.2. The Hall–Kier alpha value is -0.850. The van der Waals surface area contributed by atoms with Crippen LogP contribution in [0.4, 0.5) is 0 Å². The van der Waals surface area contributed by atoms with E-state index in [1.165, 1.54) is 0 Å². The van der Waals surface area contributed by atoms with Gasteiger partial charge in [0, 0.05) is 20.4 Å². The lowest BCUT2D eigenvalue weighted by molar-refractivity contribution is 0.0937. The van der Waals surface area contributed by atoms with Gasteiger partial charge in [0.2, 0.25) is 0 Å². The van der Waals surface area contributed by atoms with E-state index >= 15 is 0 Å². The van der Waals surface area contributed by atoms with Gasteiger partial charge in [-0.05, 0) is 32.0 Å². The van der Waals surface area contributed by atoms with Gasteiger partial charge < -0.3 is 5.32 Å². The second kappa shape index (κ2) is 6.07. The van der Waals surface area contributed by atoms with Crippen LogP contribution in [0, 0.1) is 6.92 Å². The third-order valence-electron chi connectivity index (χ3n) is 2.56. The normalized spacial score (nSPS) is 12.2. The summed E-state index contributed by atoms with van der Waals surface area (Å²) in [5.74, 6) is -0.141. The van der Waals surface area contributed by atoms with Crippen molar-refractivity contribution in [3.8, 4) is 0 Å². The van der Waals surface area contributed by atoms with Crippen molar-refractivity contribution in [1.29, 1.82) is 0 Å². The van der Waals surface area contributed by atoms with Crippen molar-refractivity contribution in [1.82, 2.24) is 10.3 Å². The van der Waals surface area contributed by atoms with Crippen molar-refractivity contribution < 1.29 is 4.79 Å². The van der Waals surface area contributed by atoms with Gasteiger partial charge in [-0.1, -0.05) is 15.9 Å². The number of aromatic nitrogens is 1. The zero-order valence-corrected chi connectivity index (χ0v) is 13.8. The van der Waals surface area contributed by atoms with E-state index in [1.807, 2.05) is 26.1 Å². The minimum absolute atomic E-state index is 0.109.